The van der Waals surface area contributed by atoms with Gasteiger partial charge in [0.05, 0.1) is 12.2 Å². The van der Waals surface area contributed by atoms with Crippen molar-refractivity contribution in [2.75, 3.05) is 32.5 Å². The van der Waals surface area contributed by atoms with Gasteiger partial charge < -0.3 is 10.5 Å². The Morgan fingerprint density at radius 2 is 2.29 bits per heavy atom. The number of sulfonamides is 1. The van der Waals surface area contributed by atoms with Gasteiger partial charge in [-0.25, -0.2) is 12.7 Å². The molecular weight excluding hydrogens is 290 g/mol. The van der Waals surface area contributed by atoms with Crippen molar-refractivity contribution >= 4 is 15.7 Å². The van der Waals surface area contributed by atoms with Crippen LogP contribution in [0.2, 0.25) is 0 Å². The quantitative estimate of drug-likeness (QED) is 0.843. The molecule has 2 N–H and O–H groups in total. The number of anilines is 1. The summed E-state index contributed by atoms with van der Waals surface area (Å²) < 4.78 is 31.8. The average Bonchev–Trinajstić information content (AvgIpc) is 2.47. The molecule has 2 rings (SSSR count). The van der Waals surface area contributed by atoms with Crippen LogP contribution in [0.3, 0.4) is 0 Å². The van der Waals surface area contributed by atoms with Gasteiger partial charge in [-0.3, -0.25) is 0 Å². The third-order valence-corrected chi connectivity index (χ3v) is 5.46. The summed E-state index contributed by atoms with van der Waals surface area (Å²) in [7, 11) is -2.17. The largest absolute Gasteiger partial charge is 0.399 e. The second kappa shape index (κ2) is 6.43. The number of nitrogens with zero attached hydrogens (tertiary/aromatic N) is 2. The summed E-state index contributed by atoms with van der Waals surface area (Å²) in [6.45, 7) is 1.70. The molecule has 1 aliphatic heterocycles. The fourth-order valence-electron chi connectivity index (χ4n) is 2.44. The Morgan fingerprint density at radius 3 is 2.90 bits per heavy atom. The topological polar surface area (TPSA) is 96.4 Å². The van der Waals surface area contributed by atoms with E-state index in [0.29, 0.717) is 18.8 Å². The maximum atomic E-state index is 12.6. The van der Waals surface area contributed by atoms with E-state index in [4.69, 9.17) is 15.7 Å². The van der Waals surface area contributed by atoms with Gasteiger partial charge in [-0.2, -0.15) is 5.26 Å². The molecule has 0 saturated carbocycles. The number of ether oxygens (including phenoxy) is 1. The fraction of sp³-hybridized carbons (Fsp3) is 0.500. The van der Waals surface area contributed by atoms with Crippen LogP contribution in [0.5, 0.6) is 0 Å². The number of nitriles is 1. The molecule has 0 bridgehead atoms. The molecule has 0 amide bonds. The van der Waals surface area contributed by atoms with E-state index < -0.39 is 10.0 Å². The Kier molecular flexibility index (Phi) is 4.83. The van der Waals surface area contributed by atoms with Crippen molar-refractivity contribution in [2.24, 2.45) is 5.92 Å². The van der Waals surface area contributed by atoms with E-state index in [1.807, 2.05) is 6.07 Å². The van der Waals surface area contributed by atoms with E-state index in [9.17, 15) is 8.42 Å². The van der Waals surface area contributed by atoms with E-state index in [1.54, 1.807) is 0 Å². The van der Waals surface area contributed by atoms with Crippen LogP contribution < -0.4 is 5.73 Å². The Balaban J connectivity index is 2.23. The lowest BCUT2D eigenvalue weighted by Crippen LogP contribution is -2.35. The normalized spacial score (nSPS) is 19.4. The first-order valence-electron chi connectivity index (χ1n) is 6.79. The number of rotatable bonds is 4. The van der Waals surface area contributed by atoms with Crippen LogP contribution in [0, 0.1) is 17.2 Å². The molecule has 21 heavy (non-hydrogen) atoms. The molecule has 0 radical (unpaired) electrons. The summed E-state index contributed by atoms with van der Waals surface area (Å²) in [6, 6.07) is 6.15. The monoisotopic (exact) mass is 309 g/mol. The maximum absolute atomic E-state index is 12.6. The second-order valence-electron chi connectivity index (χ2n) is 5.24. The van der Waals surface area contributed by atoms with Gasteiger partial charge in [0.15, 0.2) is 0 Å². The predicted molar refractivity (Wildman–Crippen MR) is 78.9 cm³/mol. The van der Waals surface area contributed by atoms with Crippen molar-refractivity contribution in [1.29, 1.82) is 5.26 Å². The standard InChI is InChI=1S/C14H19N3O3S/c1-17(9-11-3-2-6-20-10-11)21(18,19)14-5-4-13(16)7-12(14)8-15/h4-5,7,11H,2-3,6,9-10,16H2,1H3. The van der Waals surface area contributed by atoms with Gasteiger partial charge in [0, 0.05) is 25.9 Å². The third-order valence-electron chi connectivity index (χ3n) is 3.58. The van der Waals surface area contributed by atoms with Crippen molar-refractivity contribution in [3.05, 3.63) is 23.8 Å². The van der Waals surface area contributed by atoms with Crippen molar-refractivity contribution < 1.29 is 13.2 Å². The lowest BCUT2D eigenvalue weighted by Gasteiger charge is -2.27. The molecule has 1 atom stereocenters. The van der Waals surface area contributed by atoms with Gasteiger partial charge in [-0.15, -0.1) is 0 Å². The van der Waals surface area contributed by atoms with Crippen molar-refractivity contribution in [2.45, 2.75) is 17.7 Å². The molecule has 7 heteroatoms. The lowest BCUT2D eigenvalue weighted by molar-refractivity contribution is 0.0495. The summed E-state index contributed by atoms with van der Waals surface area (Å²) in [4.78, 5) is -0.00146. The molecule has 0 aromatic heterocycles. The summed E-state index contributed by atoms with van der Waals surface area (Å²) in [5.41, 5.74) is 6.04. The first-order valence-corrected chi connectivity index (χ1v) is 8.23. The minimum Gasteiger partial charge on any atom is -0.399 e. The molecule has 0 spiro atoms. The molecule has 1 heterocycles. The average molecular weight is 309 g/mol. The molecule has 114 valence electrons. The maximum Gasteiger partial charge on any atom is 0.244 e. The molecule has 1 unspecified atom stereocenters. The van der Waals surface area contributed by atoms with Crippen molar-refractivity contribution in [3.63, 3.8) is 0 Å². The highest BCUT2D eigenvalue weighted by Gasteiger charge is 2.27. The van der Waals surface area contributed by atoms with Gasteiger partial charge in [0.1, 0.15) is 11.0 Å². The third kappa shape index (κ3) is 3.53. The van der Waals surface area contributed by atoms with Gasteiger partial charge in [0.25, 0.3) is 0 Å². The van der Waals surface area contributed by atoms with Crippen molar-refractivity contribution in [1.82, 2.24) is 4.31 Å². The number of benzene rings is 1. The van der Waals surface area contributed by atoms with Gasteiger partial charge in [-0.05, 0) is 37.0 Å². The number of hydrogen-bond acceptors (Lipinski definition) is 5. The minimum atomic E-state index is -3.70. The zero-order chi connectivity index (χ0) is 15.5. The van der Waals surface area contributed by atoms with Gasteiger partial charge >= 0.3 is 0 Å². The van der Waals surface area contributed by atoms with Crippen LogP contribution in [0.25, 0.3) is 0 Å². The second-order valence-corrected chi connectivity index (χ2v) is 7.25. The van der Waals surface area contributed by atoms with Crippen LogP contribution in [0.4, 0.5) is 5.69 Å². The zero-order valence-corrected chi connectivity index (χ0v) is 12.8. The van der Waals surface area contributed by atoms with Crippen LogP contribution >= 0.6 is 0 Å². The summed E-state index contributed by atoms with van der Waals surface area (Å²) in [6.07, 6.45) is 1.90. The first kappa shape index (κ1) is 15.8. The predicted octanol–water partition coefficient (Wildman–Crippen LogP) is 1.19. The SMILES string of the molecule is CN(CC1CCCOC1)S(=O)(=O)c1ccc(N)cc1C#N. The molecule has 1 saturated heterocycles. The van der Waals surface area contributed by atoms with E-state index in [-0.39, 0.29) is 16.4 Å². The van der Waals surface area contributed by atoms with E-state index in [1.165, 1.54) is 29.6 Å². The van der Waals surface area contributed by atoms with Gasteiger partial charge in [0.2, 0.25) is 10.0 Å². The summed E-state index contributed by atoms with van der Waals surface area (Å²) in [5.74, 6) is 0.192. The van der Waals surface area contributed by atoms with E-state index in [0.717, 1.165) is 19.4 Å². The minimum absolute atomic E-state index is 0.00146. The van der Waals surface area contributed by atoms with Crippen LogP contribution in [0.15, 0.2) is 23.1 Å². The Morgan fingerprint density at radius 1 is 1.52 bits per heavy atom. The Hall–Kier alpha value is -1.62. The number of nitrogen functional groups attached to an aromatic ring is 1. The fourth-order valence-corrected chi connectivity index (χ4v) is 3.81. The summed E-state index contributed by atoms with van der Waals surface area (Å²) in [5, 5.41) is 9.10. The van der Waals surface area contributed by atoms with Crippen molar-refractivity contribution in [3.8, 4) is 6.07 Å². The highest BCUT2D eigenvalue weighted by atomic mass is 32.2. The zero-order valence-electron chi connectivity index (χ0n) is 11.9. The highest BCUT2D eigenvalue weighted by molar-refractivity contribution is 7.89. The lowest BCUT2D eigenvalue weighted by atomic mass is 10.0. The number of hydrogen-bond donors (Lipinski definition) is 1. The number of nitrogens with two attached hydrogens (primary N) is 1. The smallest absolute Gasteiger partial charge is 0.244 e. The molecule has 0 aliphatic carbocycles. The molecule has 1 fully saturated rings. The summed E-state index contributed by atoms with van der Waals surface area (Å²) >= 11 is 0. The molecule has 1 aliphatic rings. The molecule has 1 aromatic rings. The highest BCUT2D eigenvalue weighted by Crippen LogP contribution is 2.23. The molecule has 1 aromatic carbocycles. The van der Waals surface area contributed by atoms with Crippen LogP contribution in [-0.2, 0) is 14.8 Å². The van der Waals surface area contributed by atoms with E-state index >= 15 is 0 Å². The van der Waals surface area contributed by atoms with Crippen LogP contribution in [0.1, 0.15) is 18.4 Å². The molecular formula is C14H19N3O3S. The Labute approximate surface area is 125 Å². The van der Waals surface area contributed by atoms with E-state index in [2.05, 4.69) is 0 Å². The Bertz CT molecular complexity index is 646. The van der Waals surface area contributed by atoms with Crippen LogP contribution in [-0.4, -0.2) is 39.5 Å². The first-order chi connectivity index (χ1) is 9.95. The molecule has 6 nitrogen and oxygen atoms in total. The van der Waals surface area contributed by atoms with Gasteiger partial charge in [-0.1, -0.05) is 0 Å².